The zero-order valence-corrected chi connectivity index (χ0v) is 16.6. The molecule has 0 amide bonds. The van der Waals surface area contributed by atoms with Crippen LogP contribution in [0.25, 0.3) is 0 Å². The first kappa shape index (κ1) is 23.0. The van der Waals surface area contributed by atoms with Crippen molar-refractivity contribution < 1.29 is 22.9 Å². The van der Waals surface area contributed by atoms with E-state index in [1.807, 2.05) is 6.08 Å². The van der Waals surface area contributed by atoms with E-state index in [9.17, 15) is 23.3 Å². The second kappa shape index (κ2) is 9.79. The topological polar surface area (TPSA) is 128 Å². The molecular formula is C16H22ClN3O6S. The number of esters is 1. The van der Waals surface area contributed by atoms with Crippen molar-refractivity contribution in [2.24, 2.45) is 0 Å². The van der Waals surface area contributed by atoms with Gasteiger partial charge in [0.05, 0.1) is 22.0 Å². The van der Waals surface area contributed by atoms with E-state index in [1.165, 1.54) is 6.92 Å². The highest BCUT2D eigenvalue weighted by molar-refractivity contribution is 7.89. The van der Waals surface area contributed by atoms with Crippen LogP contribution >= 0.6 is 12.4 Å². The summed E-state index contributed by atoms with van der Waals surface area (Å²) in [6.07, 6.45) is 2.61. The first-order valence-electron chi connectivity index (χ1n) is 8.10. The zero-order valence-electron chi connectivity index (χ0n) is 15.0. The highest BCUT2D eigenvalue weighted by Crippen LogP contribution is 2.27. The summed E-state index contributed by atoms with van der Waals surface area (Å²) in [4.78, 5) is 22.3. The number of rotatable bonds is 7. The fourth-order valence-corrected chi connectivity index (χ4v) is 3.62. The third-order valence-corrected chi connectivity index (χ3v) is 5.38. The summed E-state index contributed by atoms with van der Waals surface area (Å²) in [5, 5.41) is 14.4. The summed E-state index contributed by atoms with van der Waals surface area (Å²) in [7, 11) is -4.03. The van der Waals surface area contributed by atoms with Crippen molar-refractivity contribution in [2.75, 3.05) is 26.2 Å². The van der Waals surface area contributed by atoms with Crippen molar-refractivity contribution in [3.63, 3.8) is 0 Å². The molecule has 0 aromatic heterocycles. The third-order valence-electron chi connectivity index (χ3n) is 4.00. The Morgan fingerprint density at radius 1 is 1.41 bits per heavy atom. The minimum absolute atomic E-state index is 0. The maximum Gasteiger partial charge on any atom is 0.338 e. The predicted octanol–water partition coefficient (Wildman–Crippen LogP) is 1.70. The minimum atomic E-state index is -4.03. The minimum Gasteiger partial charge on any atom is -0.462 e. The van der Waals surface area contributed by atoms with Gasteiger partial charge in [0.2, 0.25) is 10.0 Å². The molecule has 1 aromatic carbocycles. The molecule has 0 fully saturated rings. The molecule has 1 aliphatic rings. The molecule has 0 saturated heterocycles. The van der Waals surface area contributed by atoms with Gasteiger partial charge >= 0.3 is 5.97 Å². The molecule has 0 unspecified atom stereocenters. The van der Waals surface area contributed by atoms with E-state index in [4.69, 9.17) is 4.74 Å². The van der Waals surface area contributed by atoms with Gasteiger partial charge in [-0.2, -0.15) is 0 Å². The normalized spacial score (nSPS) is 14.1. The van der Waals surface area contributed by atoms with E-state index in [0.29, 0.717) is 13.0 Å². The maximum absolute atomic E-state index is 12.6. The molecule has 0 bridgehead atoms. The molecule has 0 aliphatic carbocycles. The maximum atomic E-state index is 12.6. The van der Waals surface area contributed by atoms with Gasteiger partial charge in [0.15, 0.2) is 0 Å². The Morgan fingerprint density at radius 2 is 2.11 bits per heavy atom. The van der Waals surface area contributed by atoms with Crippen LogP contribution in [0.1, 0.15) is 29.3 Å². The summed E-state index contributed by atoms with van der Waals surface area (Å²) < 4.78 is 32.4. The fraction of sp³-hybridized carbons (Fsp3) is 0.438. The predicted molar refractivity (Wildman–Crippen MR) is 102 cm³/mol. The van der Waals surface area contributed by atoms with Gasteiger partial charge in [0, 0.05) is 24.7 Å². The van der Waals surface area contributed by atoms with E-state index in [0.717, 1.165) is 24.3 Å². The number of hydrogen-bond acceptors (Lipinski definition) is 7. The van der Waals surface area contributed by atoms with Crippen molar-refractivity contribution in [3.8, 4) is 0 Å². The van der Waals surface area contributed by atoms with Crippen LogP contribution in [0.2, 0.25) is 0 Å². The molecule has 2 N–H and O–H groups in total. The number of benzene rings is 1. The third kappa shape index (κ3) is 5.73. The van der Waals surface area contributed by atoms with Gasteiger partial charge in [-0.15, -0.1) is 12.4 Å². The first-order valence-corrected chi connectivity index (χ1v) is 9.59. The van der Waals surface area contributed by atoms with Crippen LogP contribution in [0.3, 0.4) is 0 Å². The molecule has 27 heavy (non-hydrogen) atoms. The summed E-state index contributed by atoms with van der Waals surface area (Å²) in [5.41, 5.74) is 0.410. The van der Waals surface area contributed by atoms with Crippen LogP contribution in [0.4, 0.5) is 5.69 Å². The Morgan fingerprint density at radius 3 is 2.67 bits per heavy atom. The Hall–Kier alpha value is -2.01. The van der Waals surface area contributed by atoms with Gasteiger partial charge in [-0.3, -0.25) is 10.1 Å². The number of nitrogens with one attached hydrogen (secondary N) is 2. The Kier molecular flexibility index (Phi) is 8.35. The number of nitrogens with zero attached hydrogens (tertiary/aromatic N) is 1. The van der Waals surface area contributed by atoms with Crippen LogP contribution in [0.5, 0.6) is 0 Å². The van der Waals surface area contributed by atoms with Crippen LogP contribution in [-0.4, -0.2) is 45.6 Å². The molecule has 2 rings (SSSR count). The standard InChI is InChI=1S/C16H21N3O6S.ClH/c1-3-25-16(20)14-8-13(9-15(11(14)2)19(21)22)26(23,24)18-10-12-4-6-17-7-5-12;/h4,8-9,17-18H,3,5-7,10H2,1-2H3;1H. The molecule has 1 heterocycles. The average Bonchev–Trinajstić information content (AvgIpc) is 2.61. The van der Waals surface area contributed by atoms with E-state index >= 15 is 0 Å². The lowest BCUT2D eigenvalue weighted by Crippen LogP contribution is -2.30. The number of sulfonamides is 1. The lowest BCUT2D eigenvalue weighted by Gasteiger charge is -2.15. The summed E-state index contributed by atoms with van der Waals surface area (Å²) >= 11 is 0. The van der Waals surface area contributed by atoms with E-state index in [-0.39, 0.29) is 41.6 Å². The van der Waals surface area contributed by atoms with Gasteiger partial charge in [0.25, 0.3) is 5.69 Å². The lowest BCUT2D eigenvalue weighted by molar-refractivity contribution is -0.385. The second-order valence-corrected chi connectivity index (χ2v) is 7.50. The Balaban J connectivity index is 0.00000364. The molecule has 0 saturated carbocycles. The number of hydrogen-bond donors (Lipinski definition) is 2. The number of halogens is 1. The first-order chi connectivity index (χ1) is 12.3. The average molecular weight is 420 g/mol. The lowest BCUT2D eigenvalue weighted by atomic mass is 10.1. The Bertz CT molecular complexity index is 854. The van der Waals surface area contributed by atoms with E-state index in [2.05, 4.69) is 10.0 Å². The van der Waals surface area contributed by atoms with Gasteiger partial charge in [-0.1, -0.05) is 11.6 Å². The van der Waals surface area contributed by atoms with Crippen LogP contribution < -0.4 is 10.0 Å². The zero-order chi connectivity index (χ0) is 19.3. The van der Waals surface area contributed by atoms with Crippen molar-refractivity contribution in [2.45, 2.75) is 25.2 Å². The van der Waals surface area contributed by atoms with Crippen molar-refractivity contribution in [1.29, 1.82) is 0 Å². The van der Waals surface area contributed by atoms with Gasteiger partial charge < -0.3 is 10.1 Å². The monoisotopic (exact) mass is 419 g/mol. The highest BCUT2D eigenvalue weighted by Gasteiger charge is 2.26. The summed E-state index contributed by atoms with van der Waals surface area (Å²) in [5.74, 6) is -0.800. The number of carbonyl (C=O) groups excluding carboxylic acids is 1. The number of carbonyl (C=O) groups is 1. The smallest absolute Gasteiger partial charge is 0.338 e. The molecule has 150 valence electrons. The molecule has 9 nitrogen and oxygen atoms in total. The molecule has 0 atom stereocenters. The van der Waals surface area contributed by atoms with Crippen LogP contribution in [0, 0.1) is 17.0 Å². The molecule has 11 heteroatoms. The SMILES string of the molecule is CCOC(=O)c1cc(S(=O)(=O)NCC2=CCNCC2)cc([N+](=O)[O-])c1C.Cl. The van der Waals surface area contributed by atoms with E-state index in [1.54, 1.807) is 6.92 Å². The number of nitro benzene ring substituents is 1. The van der Waals surface area contributed by atoms with Crippen molar-refractivity contribution in [1.82, 2.24) is 10.0 Å². The van der Waals surface area contributed by atoms with Crippen LogP contribution in [0.15, 0.2) is 28.7 Å². The van der Waals surface area contributed by atoms with Gasteiger partial charge in [-0.25, -0.2) is 17.9 Å². The number of ether oxygens (including phenoxy) is 1. The largest absolute Gasteiger partial charge is 0.462 e. The summed E-state index contributed by atoms with van der Waals surface area (Å²) in [6.45, 7) is 4.59. The Labute approximate surface area is 163 Å². The van der Waals surface area contributed by atoms with Crippen molar-refractivity contribution in [3.05, 3.63) is 45.0 Å². The molecule has 0 radical (unpaired) electrons. The number of nitro groups is 1. The fourth-order valence-electron chi connectivity index (χ4n) is 2.54. The van der Waals surface area contributed by atoms with Crippen molar-refractivity contribution >= 4 is 34.1 Å². The molecular weight excluding hydrogens is 398 g/mol. The summed E-state index contributed by atoms with van der Waals surface area (Å²) in [6, 6.07) is 2.07. The van der Waals surface area contributed by atoms with Gasteiger partial charge in [0.1, 0.15) is 0 Å². The van der Waals surface area contributed by atoms with Crippen LogP contribution in [-0.2, 0) is 14.8 Å². The van der Waals surface area contributed by atoms with Gasteiger partial charge in [-0.05, 0) is 32.9 Å². The molecule has 1 aromatic rings. The highest BCUT2D eigenvalue weighted by atomic mass is 35.5. The molecule has 1 aliphatic heterocycles. The quantitative estimate of drug-likeness (QED) is 0.298. The second-order valence-electron chi connectivity index (χ2n) is 5.73. The molecule has 0 spiro atoms. The van der Waals surface area contributed by atoms with E-state index < -0.39 is 26.6 Å².